The topological polar surface area (TPSA) is 47.7 Å². The summed E-state index contributed by atoms with van der Waals surface area (Å²) in [6.07, 6.45) is 0.999. The highest BCUT2D eigenvalue weighted by Crippen LogP contribution is 2.38. The van der Waals surface area contributed by atoms with E-state index < -0.39 is 0 Å². The normalized spacial score (nSPS) is 17.9. The maximum absolute atomic E-state index is 5.81. The number of ether oxygens (including phenoxy) is 2. The van der Waals surface area contributed by atoms with Gasteiger partial charge in [-0.1, -0.05) is 30.3 Å². The Balaban J connectivity index is 2.07. The molecule has 0 spiro atoms. The van der Waals surface area contributed by atoms with Crippen molar-refractivity contribution >= 4 is 0 Å². The van der Waals surface area contributed by atoms with Crippen molar-refractivity contribution in [2.45, 2.75) is 12.3 Å². The second-order valence-corrected chi connectivity index (χ2v) is 6.21. The van der Waals surface area contributed by atoms with Gasteiger partial charge in [-0.25, -0.2) is 0 Å². The molecule has 1 aliphatic rings. The van der Waals surface area contributed by atoms with Gasteiger partial charge in [0, 0.05) is 32.1 Å². The SMILES string of the molecule is COc1cc2c(cc1OC)C(c1ccccc1)CN(CCN)CC2. The number of methoxy groups -OCH3 is 2. The van der Waals surface area contributed by atoms with Crippen LogP contribution in [-0.4, -0.2) is 45.3 Å². The largest absolute Gasteiger partial charge is 0.493 e. The third-order valence-electron chi connectivity index (χ3n) is 4.81. The third kappa shape index (κ3) is 3.40. The first-order chi connectivity index (χ1) is 11.8. The van der Waals surface area contributed by atoms with Gasteiger partial charge >= 0.3 is 0 Å². The molecule has 0 aromatic heterocycles. The highest BCUT2D eigenvalue weighted by atomic mass is 16.5. The van der Waals surface area contributed by atoms with E-state index in [1.807, 2.05) is 0 Å². The van der Waals surface area contributed by atoms with Gasteiger partial charge in [0.25, 0.3) is 0 Å². The summed E-state index contributed by atoms with van der Waals surface area (Å²) in [5.74, 6) is 1.91. The minimum absolute atomic E-state index is 0.315. The Bertz CT molecular complexity index is 673. The number of hydrogen-bond acceptors (Lipinski definition) is 4. The van der Waals surface area contributed by atoms with Gasteiger partial charge in [-0.05, 0) is 35.2 Å². The third-order valence-corrected chi connectivity index (χ3v) is 4.81. The molecule has 4 nitrogen and oxygen atoms in total. The first-order valence-corrected chi connectivity index (χ1v) is 8.49. The van der Waals surface area contributed by atoms with Crippen LogP contribution in [0.3, 0.4) is 0 Å². The fourth-order valence-electron chi connectivity index (χ4n) is 3.56. The van der Waals surface area contributed by atoms with Gasteiger partial charge in [-0.2, -0.15) is 0 Å². The Morgan fingerprint density at radius 2 is 1.79 bits per heavy atom. The molecule has 1 unspecified atom stereocenters. The molecular weight excluding hydrogens is 300 g/mol. The Labute approximate surface area is 144 Å². The number of hydrogen-bond donors (Lipinski definition) is 1. The molecule has 0 radical (unpaired) electrons. The molecule has 2 aromatic rings. The highest BCUT2D eigenvalue weighted by Gasteiger charge is 2.26. The molecule has 1 aliphatic heterocycles. The van der Waals surface area contributed by atoms with E-state index in [9.17, 15) is 0 Å². The monoisotopic (exact) mass is 326 g/mol. The summed E-state index contributed by atoms with van der Waals surface area (Å²) in [5, 5.41) is 0. The van der Waals surface area contributed by atoms with Crippen LogP contribution in [0.15, 0.2) is 42.5 Å². The van der Waals surface area contributed by atoms with Crippen LogP contribution in [0, 0.1) is 0 Å². The lowest BCUT2D eigenvalue weighted by molar-refractivity contribution is 0.284. The molecule has 0 bridgehead atoms. The van der Waals surface area contributed by atoms with Crippen LogP contribution in [0.4, 0.5) is 0 Å². The van der Waals surface area contributed by atoms with Gasteiger partial charge in [0.2, 0.25) is 0 Å². The minimum Gasteiger partial charge on any atom is -0.493 e. The first-order valence-electron chi connectivity index (χ1n) is 8.49. The lowest BCUT2D eigenvalue weighted by Crippen LogP contribution is -2.33. The van der Waals surface area contributed by atoms with E-state index in [0.29, 0.717) is 12.5 Å². The Kier molecular flexibility index (Phi) is 5.38. The van der Waals surface area contributed by atoms with E-state index in [1.165, 1.54) is 16.7 Å². The fraction of sp³-hybridized carbons (Fsp3) is 0.400. The summed E-state index contributed by atoms with van der Waals surface area (Å²) < 4.78 is 11.0. The van der Waals surface area contributed by atoms with Crippen molar-refractivity contribution in [1.82, 2.24) is 4.90 Å². The van der Waals surface area contributed by atoms with E-state index >= 15 is 0 Å². The summed E-state index contributed by atoms with van der Waals surface area (Å²) in [4.78, 5) is 2.45. The Morgan fingerprint density at radius 1 is 1.08 bits per heavy atom. The average molecular weight is 326 g/mol. The van der Waals surface area contributed by atoms with Crippen molar-refractivity contribution in [2.75, 3.05) is 40.4 Å². The Morgan fingerprint density at radius 3 is 2.46 bits per heavy atom. The van der Waals surface area contributed by atoms with Crippen LogP contribution < -0.4 is 15.2 Å². The molecule has 0 saturated heterocycles. The van der Waals surface area contributed by atoms with E-state index in [4.69, 9.17) is 15.2 Å². The number of rotatable bonds is 5. The summed E-state index contributed by atoms with van der Waals surface area (Å²) in [7, 11) is 3.38. The number of benzene rings is 2. The molecule has 4 heteroatoms. The zero-order valence-electron chi connectivity index (χ0n) is 14.5. The molecule has 128 valence electrons. The molecule has 24 heavy (non-hydrogen) atoms. The van der Waals surface area contributed by atoms with Gasteiger partial charge in [-0.3, -0.25) is 0 Å². The first kappa shape index (κ1) is 16.8. The van der Waals surface area contributed by atoms with E-state index in [-0.39, 0.29) is 0 Å². The predicted molar refractivity (Wildman–Crippen MR) is 97.0 cm³/mol. The number of fused-ring (bicyclic) bond motifs is 1. The highest BCUT2D eigenvalue weighted by molar-refractivity contribution is 5.51. The van der Waals surface area contributed by atoms with Crippen molar-refractivity contribution in [3.8, 4) is 11.5 Å². The number of nitrogens with two attached hydrogens (primary N) is 1. The predicted octanol–water partition coefficient (Wildman–Crippen LogP) is 2.65. The van der Waals surface area contributed by atoms with Crippen LogP contribution in [0.1, 0.15) is 22.6 Å². The van der Waals surface area contributed by atoms with Crippen molar-refractivity contribution in [2.24, 2.45) is 5.73 Å². The maximum Gasteiger partial charge on any atom is 0.161 e. The molecule has 2 aromatic carbocycles. The van der Waals surface area contributed by atoms with Crippen molar-refractivity contribution in [1.29, 1.82) is 0 Å². The Hall–Kier alpha value is -2.04. The van der Waals surface area contributed by atoms with Crippen LogP contribution >= 0.6 is 0 Å². The van der Waals surface area contributed by atoms with E-state index in [2.05, 4.69) is 47.4 Å². The smallest absolute Gasteiger partial charge is 0.161 e. The second kappa shape index (κ2) is 7.69. The fourth-order valence-corrected chi connectivity index (χ4v) is 3.56. The lowest BCUT2D eigenvalue weighted by Gasteiger charge is -2.25. The van der Waals surface area contributed by atoms with Crippen LogP contribution in [-0.2, 0) is 6.42 Å². The lowest BCUT2D eigenvalue weighted by atomic mass is 9.87. The van der Waals surface area contributed by atoms with Crippen molar-refractivity contribution in [3.05, 3.63) is 59.2 Å². The van der Waals surface area contributed by atoms with E-state index in [1.54, 1.807) is 14.2 Å². The second-order valence-electron chi connectivity index (χ2n) is 6.21. The van der Waals surface area contributed by atoms with Crippen LogP contribution in [0.5, 0.6) is 11.5 Å². The summed E-state index contributed by atoms with van der Waals surface area (Å²) in [6.45, 7) is 3.60. The molecular formula is C20H26N2O2. The zero-order chi connectivity index (χ0) is 16.9. The molecule has 0 amide bonds. The molecule has 0 saturated carbocycles. The van der Waals surface area contributed by atoms with Crippen molar-refractivity contribution in [3.63, 3.8) is 0 Å². The van der Waals surface area contributed by atoms with Crippen LogP contribution in [0.2, 0.25) is 0 Å². The van der Waals surface area contributed by atoms with Gasteiger partial charge < -0.3 is 20.1 Å². The van der Waals surface area contributed by atoms with E-state index in [0.717, 1.165) is 37.6 Å². The van der Waals surface area contributed by atoms with Gasteiger partial charge in [0.05, 0.1) is 14.2 Å². The van der Waals surface area contributed by atoms with Gasteiger partial charge in [0.15, 0.2) is 11.5 Å². The van der Waals surface area contributed by atoms with Gasteiger partial charge in [-0.15, -0.1) is 0 Å². The molecule has 2 N–H and O–H groups in total. The minimum atomic E-state index is 0.315. The zero-order valence-corrected chi connectivity index (χ0v) is 14.5. The van der Waals surface area contributed by atoms with Gasteiger partial charge in [0.1, 0.15) is 0 Å². The number of nitrogens with zero attached hydrogens (tertiary/aromatic N) is 1. The maximum atomic E-state index is 5.81. The summed E-state index contributed by atoms with van der Waals surface area (Å²) in [6, 6.07) is 15.0. The molecule has 3 rings (SSSR count). The van der Waals surface area contributed by atoms with Crippen molar-refractivity contribution < 1.29 is 9.47 Å². The standard InChI is InChI=1S/C20H26N2O2/c1-23-19-12-16-8-10-22(11-9-21)14-18(15-6-4-3-5-7-15)17(16)13-20(19)24-2/h3-7,12-13,18H,8-11,14,21H2,1-2H3. The summed E-state index contributed by atoms with van der Waals surface area (Å²) in [5.41, 5.74) is 9.80. The quantitative estimate of drug-likeness (QED) is 0.918. The molecule has 1 heterocycles. The molecule has 0 aliphatic carbocycles. The summed E-state index contributed by atoms with van der Waals surface area (Å²) >= 11 is 0. The molecule has 0 fully saturated rings. The molecule has 1 atom stereocenters. The van der Waals surface area contributed by atoms with Crippen LogP contribution in [0.25, 0.3) is 0 Å². The average Bonchev–Trinajstić information content (AvgIpc) is 2.81.